The van der Waals surface area contributed by atoms with Crippen molar-refractivity contribution in [2.24, 2.45) is 5.41 Å². The van der Waals surface area contributed by atoms with Crippen LogP contribution >= 0.6 is 0 Å². The van der Waals surface area contributed by atoms with Crippen LogP contribution in [0.2, 0.25) is 0 Å². The highest BCUT2D eigenvalue weighted by molar-refractivity contribution is 7.91. The fraction of sp³-hybridized carbons (Fsp3) is 1.00. The van der Waals surface area contributed by atoms with E-state index in [0.29, 0.717) is 5.75 Å². The Hall–Kier alpha value is -0.130. The normalized spacial score (nSPS) is 27.9. The van der Waals surface area contributed by atoms with Crippen molar-refractivity contribution in [1.82, 2.24) is 5.32 Å². The van der Waals surface area contributed by atoms with E-state index in [9.17, 15) is 8.42 Å². The summed E-state index contributed by atoms with van der Waals surface area (Å²) in [7, 11) is -2.86. The van der Waals surface area contributed by atoms with Crippen LogP contribution in [-0.4, -0.2) is 44.7 Å². The van der Waals surface area contributed by atoms with Crippen molar-refractivity contribution in [2.45, 2.75) is 65.5 Å². The lowest BCUT2D eigenvalue weighted by atomic mass is 9.77. The Morgan fingerprint density at radius 3 is 2.45 bits per heavy atom. The minimum Gasteiger partial charge on any atom is -0.378 e. The molecule has 0 spiro atoms. The summed E-state index contributed by atoms with van der Waals surface area (Å²) in [5, 5.41) is 3.57. The molecule has 1 aliphatic rings. The van der Waals surface area contributed by atoms with Gasteiger partial charge in [-0.15, -0.1) is 0 Å². The lowest BCUT2D eigenvalue weighted by Gasteiger charge is -2.36. The Morgan fingerprint density at radius 2 is 2.00 bits per heavy atom. The van der Waals surface area contributed by atoms with Gasteiger partial charge in [0.2, 0.25) is 0 Å². The van der Waals surface area contributed by atoms with Gasteiger partial charge in [0.05, 0.1) is 11.9 Å². The van der Waals surface area contributed by atoms with E-state index in [4.69, 9.17) is 4.74 Å². The lowest BCUT2D eigenvalue weighted by molar-refractivity contribution is 0.0548. The fourth-order valence-electron chi connectivity index (χ4n) is 2.70. The van der Waals surface area contributed by atoms with E-state index in [1.807, 2.05) is 0 Å². The summed E-state index contributed by atoms with van der Waals surface area (Å²) >= 11 is 0. The molecule has 1 heterocycles. The van der Waals surface area contributed by atoms with Crippen molar-refractivity contribution in [3.63, 3.8) is 0 Å². The highest BCUT2D eigenvalue weighted by atomic mass is 32.2. The first kappa shape index (κ1) is 17.9. The van der Waals surface area contributed by atoms with Crippen molar-refractivity contribution in [1.29, 1.82) is 0 Å². The van der Waals surface area contributed by atoms with Gasteiger partial charge >= 0.3 is 0 Å². The summed E-state index contributed by atoms with van der Waals surface area (Å²) in [5.41, 5.74) is 0.154. The minimum atomic E-state index is -2.86. The smallest absolute Gasteiger partial charge is 0.150 e. The van der Waals surface area contributed by atoms with Crippen LogP contribution in [0.4, 0.5) is 0 Å². The van der Waals surface area contributed by atoms with Crippen LogP contribution in [0.3, 0.4) is 0 Å². The van der Waals surface area contributed by atoms with Crippen LogP contribution in [-0.2, 0) is 14.6 Å². The van der Waals surface area contributed by atoms with Crippen LogP contribution in [0.1, 0.15) is 53.9 Å². The monoisotopic (exact) mass is 305 g/mol. The molecule has 20 heavy (non-hydrogen) atoms. The molecule has 0 amide bonds. The number of hydrogen-bond donors (Lipinski definition) is 1. The molecule has 0 aromatic carbocycles. The molecule has 0 saturated carbocycles. The van der Waals surface area contributed by atoms with Crippen LogP contribution in [0, 0.1) is 5.41 Å². The zero-order valence-corrected chi connectivity index (χ0v) is 14.5. The van der Waals surface area contributed by atoms with Gasteiger partial charge in [-0.25, -0.2) is 8.42 Å². The minimum absolute atomic E-state index is 0.0742. The second-order valence-corrected chi connectivity index (χ2v) is 9.54. The predicted molar refractivity (Wildman–Crippen MR) is 83.8 cm³/mol. The van der Waals surface area contributed by atoms with Gasteiger partial charge in [-0.05, 0) is 47.0 Å². The van der Waals surface area contributed by atoms with Gasteiger partial charge in [0, 0.05) is 29.9 Å². The Kier molecular flexibility index (Phi) is 6.05. The topological polar surface area (TPSA) is 55.4 Å². The molecule has 1 N–H and O–H groups in total. The third-order valence-corrected chi connectivity index (χ3v) is 6.16. The van der Waals surface area contributed by atoms with Crippen molar-refractivity contribution in [3.8, 4) is 0 Å². The van der Waals surface area contributed by atoms with Gasteiger partial charge in [0.1, 0.15) is 9.84 Å². The largest absolute Gasteiger partial charge is 0.378 e. The number of sulfone groups is 1. The molecule has 1 aliphatic heterocycles. The molecule has 2 unspecified atom stereocenters. The summed E-state index contributed by atoms with van der Waals surface area (Å²) in [6.45, 7) is 12.0. The standard InChI is InChI=1S/C15H31NO3S/c1-6-20(17,18)11-7-8-15(9-10-19-13(15)2)12-16-14(3,4)5/h13,16H,6-12H2,1-5H3. The summed E-state index contributed by atoms with van der Waals surface area (Å²) in [5.74, 6) is 0.541. The second-order valence-electron chi connectivity index (χ2n) is 7.07. The second kappa shape index (κ2) is 6.75. The molecule has 0 radical (unpaired) electrons. The first-order chi connectivity index (χ1) is 9.10. The average Bonchev–Trinajstić information content (AvgIpc) is 2.68. The molecule has 0 aromatic heterocycles. The molecular formula is C15H31NO3S. The first-order valence-electron chi connectivity index (χ1n) is 7.67. The van der Waals surface area contributed by atoms with E-state index in [1.165, 1.54) is 0 Å². The van der Waals surface area contributed by atoms with E-state index in [2.05, 4.69) is 33.0 Å². The molecule has 1 saturated heterocycles. The summed E-state index contributed by atoms with van der Waals surface area (Å²) < 4.78 is 29.0. The average molecular weight is 305 g/mol. The van der Waals surface area contributed by atoms with Crippen molar-refractivity contribution >= 4 is 9.84 Å². The number of hydrogen-bond acceptors (Lipinski definition) is 4. The Balaban J connectivity index is 2.61. The highest BCUT2D eigenvalue weighted by Crippen LogP contribution is 2.39. The van der Waals surface area contributed by atoms with E-state index in [-0.39, 0.29) is 22.8 Å². The van der Waals surface area contributed by atoms with Gasteiger partial charge in [-0.1, -0.05) is 6.92 Å². The van der Waals surface area contributed by atoms with E-state index in [0.717, 1.165) is 32.4 Å². The van der Waals surface area contributed by atoms with Crippen LogP contribution in [0.25, 0.3) is 0 Å². The van der Waals surface area contributed by atoms with Crippen molar-refractivity contribution < 1.29 is 13.2 Å². The molecule has 4 nitrogen and oxygen atoms in total. The summed E-state index contributed by atoms with van der Waals surface area (Å²) in [4.78, 5) is 0. The molecule has 2 atom stereocenters. The fourth-order valence-corrected chi connectivity index (χ4v) is 3.57. The number of ether oxygens (including phenoxy) is 1. The molecule has 0 aliphatic carbocycles. The number of nitrogens with one attached hydrogen (secondary N) is 1. The third-order valence-electron chi connectivity index (χ3n) is 4.37. The summed E-state index contributed by atoms with van der Waals surface area (Å²) in [6, 6.07) is 0. The molecule has 5 heteroatoms. The van der Waals surface area contributed by atoms with Crippen LogP contribution < -0.4 is 5.32 Å². The lowest BCUT2D eigenvalue weighted by Crippen LogP contribution is -2.46. The van der Waals surface area contributed by atoms with E-state index >= 15 is 0 Å². The van der Waals surface area contributed by atoms with E-state index < -0.39 is 9.84 Å². The summed E-state index contributed by atoms with van der Waals surface area (Å²) in [6.07, 6.45) is 2.86. The third kappa shape index (κ3) is 5.34. The SMILES string of the molecule is CCS(=O)(=O)CCCC1(CNC(C)(C)C)CCOC1C. The molecule has 120 valence electrons. The van der Waals surface area contributed by atoms with Gasteiger partial charge < -0.3 is 10.1 Å². The van der Waals surface area contributed by atoms with Crippen LogP contribution in [0.5, 0.6) is 0 Å². The first-order valence-corrected chi connectivity index (χ1v) is 9.49. The van der Waals surface area contributed by atoms with Crippen LogP contribution in [0.15, 0.2) is 0 Å². The zero-order chi connectivity index (χ0) is 15.4. The molecule has 0 aromatic rings. The molecule has 1 fully saturated rings. The van der Waals surface area contributed by atoms with Gasteiger partial charge in [0.15, 0.2) is 0 Å². The van der Waals surface area contributed by atoms with Crippen molar-refractivity contribution in [3.05, 3.63) is 0 Å². The predicted octanol–water partition coefficient (Wildman–Crippen LogP) is 2.38. The number of rotatable bonds is 7. The van der Waals surface area contributed by atoms with E-state index in [1.54, 1.807) is 6.92 Å². The van der Waals surface area contributed by atoms with Crippen molar-refractivity contribution in [2.75, 3.05) is 24.7 Å². The Morgan fingerprint density at radius 1 is 1.35 bits per heavy atom. The molecule has 1 rings (SSSR count). The Labute approximate surface area is 124 Å². The van der Waals surface area contributed by atoms with Gasteiger partial charge in [0.25, 0.3) is 0 Å². The van der Waals surface area contributed by atoms with Gasteiger partial charge in [-0.2, -0.15) is 0 Å². The molecular weight excluding hydrogens is 274 g/mol. The maximum Gasteiger partial charge on any atom is 0.150 e. The van der Waals surface area contributed by atoms with Gasteiger partial charge in [-0.3, -0.25) is 0 Å². The highest BCUT2D eigenvalue weighted by Gasteiger charge is 2.41. The maximum atomic E-state index is 11.6. The quantitative estimate of drug-likeness (QED) is 0.784. The zero-order valence-electron chi connectivity index (χ0n) is 13.7. The molecule has 0 bridgehead atoms. The Bertz CT molecular complexity index is 400. The maximum absolute atomic E-state index is 11.6.